The molecule has 0 unspecified atom stereocenters. The van der Waals surface area contributed by atoms with Crippen LogP contribution in [0.1, 0.15) is 11.1 Å². The Morgan fingerprint density at radius 2 is 1.65 bits per heavy atom. The first-order chi connectivity index (χ1) is 8.24. The van der Waals surface area contributed by atoms with E-state index in [2.05, 4.69) is 51.5 Å². The summed E-state index contributed by atoms with van der Waals surface area (Å²) in [4.78, 5) is 1.16. The van der Waals surface area contributed by atoms with E-state index in [0.717, 1.165) is 14.9 Å². The molecule has 0 aliphatic rings. The SMILES string of the molecule is Cc1ccc(S/N=C/c2ccc(Br)cc2)cc1. The van der Waals surface area contributed by atoms with Gasteiger partial charge in [0.05, 0.1) is 0 Å². The molecule has 0 heterocycles. The van der Waals surface area contributed by atoms with Crippen LogP contribution < -0.4 is 0 Å². The molecule has 0 atom stereocenters. The Morgan fingerprint density at radius 3 is 2.29 bits per heavy atom. The zero-order valence-electron chi connectivity index (χ0n) is 9.43. The molecule has 3 heteroatoms. The summed E-state index contributed by atoms with van der Waals surface area (Å²) >= 11 is 4.89. The fourth-order valence-electron chi connectivity index (χ4n) is 1.30. The zero-order chi connectivity index (χ0) is 12.1. The summed E-state index contributed by atoms with van der Waals surface area (Å²) in [6.45, 7) is 2.08. The maximum atomic E-state index is 4.35. The molecular weight excluding hydrogens is 294 g/mol. The van der Waals surface area contributed by atoms with E-state index in [1.165, 1.54) is 17.5 Å². The van der Waals surface area contributed by atoms with Gasteiger partial charge in [0.1, 0.15) is 0 Å². The average molecular weight is 306 g/mol. The van der Waals surface area contributed by atoms with E-state index in [-0.39, 0.29) is 0 Å². The normalized spacial score (nSPS) is 10.9. The molecule has 0 fully saturated rings. The van der Waals surface area contributed by atoms with Gasteiger partial charge in [0, 0.05) is 27.5 Å². The topological polar surface area (TPSA) is 12.4 Å². The highest BCUT2D eigenvalue weighted by Gasteiger charge is 1.91. The van der Waals surface area contributed by atoms with Gasteiger partial charge in [0.2, 0.25) is 0 Å². The summed E-state index contributed by atoms with van der Waals surface area (Å²) in [6, 6.07) is 16.4. The maximum absolute atomic E-state index is 4.35. The van der Waals surface area contributed by atoms with Crippen LogP contribution in [0.2, 0.25) is 0 Å². The lowest BCUT2D eigenvalue weighted by Gasteiger charge is -1.96. The average Bonchev–Trinajstić information content (AvgIpc) is 2.34. The van der Waals surface area contributed by atoms with E-state index in [1.807, 2.05) is 30.5 Å². The fraction of sp³-hybridized carbons (Fsp3) is 0.0714. The Balaban J connectivity index is 1.97. The van der Waals surface area contributed by atoms with Gasteiger partial charge < -0.3 is 0 Å². The number of aryl methyl sites for hydroxylation is 1. The molecular formula is C14H12BrNS. The van der Waals surface area contributed by atoms with Gasteiger partial charge in [-0.05, 0) is 36.8 Å². The van der Waals surface area contributed by atoms with E-state index < -0.39 is 0 Å². The third kappa shape index (κ3) is 4.02. The molecule has 0 radical (unpaired) electrons. The van der Waals surface area contributed by atoms with Crippen LogP contribution in [0.4, 0.5) is 0 Å². The minimum absolute atomic E-state index is 1.08. The van der Waals surface area contributed by atoms with Crippen LogP contribution in [0.5, 0.6) is 0 Å². The summed E-state index contributed by atoms with van der Waals surface area (Å²) in [5.41, 5.74) is 2.37. The molecule has 2 rings (SSSR count). The minimum Gasteiger partial charge on any atom is -0.219 e. The molecule has 0 spiro atoms. The minimum atomic E-state index is 1.08. The van der Waals surface area contributed by atoms with Gasteiger partial charge in [-0.15, -0.1) is 0 Å². The molecule has 0 N–H and O–H groups in total. The second kappa shape index (κ2) is 6.03. The fourth-order valence-corrected chi connectivity index (χ4v) is 2.11. The van der Waals surface area contributed by atoms with Crippen molar-refractivity contribution in [3.63, 3.8) is 0 Å². The van der Waals surface area contributed by atoms with Gasteiger partial charge in [-0.2, -0.15) is 0 Å². The third-order valence-electron chi connectivity index (χ3n) is 2.25. The van der Waals surface area contributed by atoms with Crippen molar-refractivity contribution in [1.82, 2.24) is 0 Å². The van der Waals surface area contributed by atoms with Crippen LogP contribution >= 0.6 is 27.9 Å². The van der Waals surface area contributed by atoms with Gasteiger partial charge in [-0.25, -0.2) is 4.40 Å². The van der Waals surface area contributed by atoms with Crippen LogP contribution in [-0.4, -0.2) is 6.21 Å². The molecule has 0 aliphatic carbocycles. The number of halogens is 1. The lowest BCUT2D eigenvalue weighted by Crippen LogP contribution is -1.78. The molecule has 0 aliphatic heterocycles. The molecule has 0 aromatic heterocycles. The van der Waals surface area contributed by atoms with E-state index in [9.17, 15) is 0 Å². The monoisotopic (exact) mass is 305 g/mol. The highest BCUT2D eigenvalue weighted by Crippen LogP contribution is 2.19. The predicted molar refractivity (Wildman–Crippen MR) is 78.8 cm³/mol. The summed E-state index contributed by atoms with van der Waals surface area (Å²) in [7, 11) is 0. The summed E-state index contributed by atoms with van der Waals surface area (Å²) in [6.07, 6.45) is 1.87. The molecule has 0 amide bonds. The number of rotatable bonds is 3. The molecule has 86 valence electrons. The number of hydrogen-bond donors (Lipinski definition) is 0. The van der Waals surface area contributed by atoms with E-state index >= 15 is 0 Å². The van der Waals surface area contributed by atoms with Crippen molar-refractivity contribution in [3.8, 4) is 0 Å². The first-order valence-corrected chi connectivity index (χ1v) is 6.83. The molecule has 0 bridgehead atoms. The quantitative estimate of drug-likeness (QED) is 0.581. The Hall–Kier alpha value is -1.06. The highest BCUT2D eigenvalue weighted by atomic mass is 79.9. The van der Waals surface area contributed by atoms with Crippen LogP contribution in [0.25, 0.3) is 0 Å². The summed E-state index contributed by atoms with van der Waals surface area (Å²) in [5, 5.41) is 0. The van der Waals surface area contributed by atoms with Gasteiger partial charge in [-0.1, -0.05) is 45.8 Å². The van der Waals surface area contributed by atoms with Crippen LogP contribution in [-0.2, 0) is 0 Å². The second-order valence-electron chi connectivity index (χ2n) is 3.69. The van der Waals surface area contributed by atoms with Gasteiger partial charge in [-0.3, -0.25) is 0 Å². The van der Waals surface area contributed by atoms with Crippen molar-refractivity contribution in [2.24, 2.45) is 4.40 Å². The predicted octanol–water partition coefficient (Wildman–Crippen LogP) is 4.88. The Morgan fingerprint density at radius 1 is 1.00 bits per heavy atom. The molecule has 17 heavy (non-hydrogen) atoms. The first-order valence-electron chi connectivity index (χ1n) is 5.27. The van der Waals surface area contributed by atoms with Crippen LogP contribution in [0, 0.1) is 6.92 Å². The Labute approximate surface area is 114 Å². The Kier molecular flexibility index (Phi) is 4.40. The van der Waals surface area contributed by atoms with Crippen molar-refractivity contribution < 1.29 is 0 Å². The van der Waals surface area contributed by atoms with E-state index in [4.69, 9.17) is 0 Å². The van der Waals surface area contributed by atoms with Crippen molar-refractivity contribution in [3.05, 3.63) is 64.1 Å². The van der Waals surface area contributed by atoms with E-state index in [1.54, 1.807) is 0 Å². The summed E-state index contributed by atoms with van der Waals surface area (Å²) in [5.74, 6) is 0. The van der Waals surface area contributed by atoms with Crippen molar-refractivity contribution >= 4 is 34.1 Å². The maximum Gasteiger partial charge on any atom is 0.0428 e. The van der Waals surface area contributed by atoms with Gasteiger partial charge in [0.25, 0.3) is 0 Å². The Bertz CT molecular complexity index is 503. The van der Waals surface area contributed by atoms with Crippen molar-refractivity contribution in [2.45, 2.75) is 11.8 Å². The van der Waals surface area contributed by atoms with Crippen molar-refractivity contribution in [2.75, 3.05) is 0 Å². The number of benzene rings is 2. The molecule has 0 saturated heterocycles. The number of nitrogens with zero attached hydrogens (tertiary/aromatic N) is 1. The lowest BCUT2D eigenvalue weighted by atomic mass is 10.2. The van der Waals surface area contributed by atoms with E-state index in [0.29, 0.717) is 0 Å². The molecule has 2 aromatic rings. The lowest BCUT2D eigenvalue weighted by molar-refractivity contribution is 1.38. The molecule has 2 aromatic carbocycles. The number of hydrogen-bond acceptors (Lipinski definition) is 2. The highest BCUT2D eigenvalue weighted by molar-refractivity contribution is 9.10. The standard InChI is InChI=1S/C14H12BrNS/c1-11-2-8-14(9-3-11)17-16-10-12-4-6-13(15)7-5-12/h2-10H,1H3/b16-10+. The van der Waals surface area contributed by atoms with Crippen LogP contribution in [0.15, 0.2) is 62.3 Å². The zero-order valence-corrected chi connectivity index (χ0v) is 11.8. The second-order valence-corrected chi connectivity index (χ2v) is 5.47. The third-order valence-corrected chi connectivity index (χ3v) is 3.47. The first kappa shape index (κ1) is 12.4. The molecule has 1 nitrogen and oxygen atoms in total. The largest absolute Gasteiger partial charge is 0.219 e. The van der Waals surface area contributed by atoms with Crippen LogP contribution in [0.3, 0.4) is 0 Å². The molecule has 0 saturated carbocycles. The summed E-state index contributed by atoms with van der Waals surface area (Å²) < 4.78 is 5.43. The smallest absolute Gasteiger partial charge is 0.0428 e. The van der Waals surface area contributed by atoms with Gasteiger partial charge in [0.15, 0.2) is 0 Å². The van der Waals surface area contributed by atoms with Gasteiger partial charge >= 0.3 is 0 Å². The van der Waals surface area contributed by atoms with Crippen molar-refractivity contribution in [1.29, 1.82) is 0 Å².